The van der Waals surface area contributed by atoms with Crippen molar-refractivity contribution in [2.45, 2.75) is 19.5 Å². The first-order valence-corrected chi connectivity index (χ1v) is 6.47. The Balaban J connectivity index is 1.94. The molecule has 94 valence electrons. The van der Waals surface area contributed by atoms with Crippen molar-refractivity contribution in [1.82, 2.24) is 9.80 Å². The van der Waals surface area contributed by atoms with Crippen LogP contribution in [0.4, 0.5) is 0 Å². The molecule has 1 saturated heterocycles. The number of nitrogens with zero attached hydrogens (tertiary/aromatic N) is 2. The van der Waals surface area contributed by atoms with Crippen LogP contribution in [0.15, 0.2) is 24.3 Å². The number of hydrogen-bond donors (Lipinski definition) is 1. The first-order chi connectivity index (χ1) is 8.28. The monoisotopic (exact) mass is 233 g/mol. The molecule has 0 saturated carbocycles. The minimum Gasteiger partial charge on any atom is -0.326 e. The van der Waals surface area contributed by atoms with Gasteiger partial charge in [-0.05, 0) is 37.7 Å². The van der Waals surface area contributed by atoms with Gasteiger partial charge in [-0.25, -0.2) is 0 Å². The van der Waals surface area contributed by atoms with Gasteiger partial charge in [-0.2, -0.15) is 0 Å². The van der Waals surface area contributed by atoms with Crippen LogP contribution in [0, 0.1) is 0 Å². The summed E-state index contributed by atoms with van der Waals surface area (Å²) in [5.41, 5.74) is 8.29. The Bertz CT molecular complexity index is 351. The fourth-order valence-corrected chi connectivity index (χ4v) is 2.37. The summed E-state index contributed by atoms with van der Waals surface area (Å²) in [5, 5.41) is 0. The Kier molecular flexibility index (Phi) is 4.54. The summed E-state index contributed by atoms with van der Waals surface area (Å²) in [7, 11) is 2.21. The molecule has 0 bridgehead atoms. The molecule has 2 N–H and O–H groups in total. The maximum absolute atomic E-state index is 5.67. The molecular weight excluding hydrogens is 210 g/mol. The van der Waals surface area contributed by atoms with Crippen molar-refractivity contribution >= 4 is 0 Å². The van der Waals surface area contributed by atoms with Crippen LogP contribution in [0.25, 0.3) is 0 Å². The molecule has 1 aromatic carbocycles. The van der Waals surface area contributed by atoms with E-state index in [2.05, 4.69) is 41.1 Å². The highest BCUT2D eigenvalue weighted by Crippen LogP contribution is 2.10. The zero-order chi connectivity index (χ0) is 12.1. The van der Waals surface area contributed by atoms with E-state index in [1.807, 2.05) is 0 Å². The Morgan fingerprint density at radius 2 is 1.94 bits per heavy atom. The minimum atomic E-state index is 0.635. The van der Waals surface area contributed by atoms with Gasteiger partial charge in [0.25, 0.3) is 0 Å². The van der Waals surface area contributed by atoms with E-state index in [-0.39, 0.29) is 0 Å². The van der Waals surface area contributed by atoms with Gasteiger partial charge < -0.3 is 10.6 Å². The number of likely N-dealkylation sites (N-methyl/N-ethyl adjacent to an activating group) is 1. The second-order valence-corrected chi connectivity index (χ2v) is 4.96. The molecule has 0 amide bonds. The Labute approximate surface area is 104 Å². The van der Waals surface area contributed by atoms with Crippen molar-refractivity contribution in [2.24, 2.45) is 5.73 Å². The molecular formula is C14H23N3. The van der Waals surface area contributed by atoms with Crippen LogP contribution in [0.1, 0.15) is 17.5 Å². The fourth-order valence-electron chi connectivity index (χ4n) is 2.37. The molecule has 1 heterocycles. The van der Waals surface area contributed by atoms with Gasteiger partial charge in [0.1, 0.15) is 0 Å². The van der Waals surface area contributed by atoms with E-state index in [1.54, 1.807) is 0 Å². The third kappa shape index (κ3) is 3.80. The molecule has 3 heteroatoms. The summed E-state index contributed by atoms with van der Waals surface area (Å²) < 4.78 is 0. The van der Waals surface area contributed by atoms with E-state index in [9.17, 15) is 0 Å². The molecule has 0 atom stereocenters. The lowest BCUT2D eigenvalue weighted by Crippen LogP contribution is -2.28. The van der Waals surface area contributed by atoms with E-state index in [0.29, 0.717) is 6.54 Å². The molecule has 0 unspecified atom stereocenters. The fraction of sp³-hybridized carbons (Fsp3) is 0.571. The van der Waals surface area contributed by atoms with Crippen LogP contribution in [0.5, 0.6) is 0 Å². The average molecular weight is 233 g/mol. The third-order valence-electron chi connectivity index (χ3n) is 3.45. The summed E-state index contributed by atoms with van der Waals surface area (Å²) in [6, 6.07) is 8.64. The van der Waals surface area contributed by atoms with Crippen molar-refractivity contribution in [2.75, 3.05) is 33.2 Å². The van der Waals surface area contributed by atoms with Crippen molar-refractivity contribution in [1.29, 1.82) is 0 Å². The SMILES string of the molecule is CN1CCCN(Cc2cccc(CN)c2)CC1. The molecule has 1 aromatic rings. The lowest BCUT2D eigenvalue weighted by Gasteiger charge is -2.20. The molecule has 0 spiro atoms. The van der Waals surface area contributed by atoms with Crippen molar-refractivity contribution in [3.05, 3.63) is 35.4 Å². The van der Waals surface area contributed by atoms with E-state index in [1.165, 1.54) is 43.7 Å². The second kappa shape index (κ2) is 6.15. The molecule has 1 aliphatic rings. The molecule has 0 aliphatic carbocycles. The highest BCUT2D eigenvalue weighted by atomic mass is 15.2. The van der Waals surface area contributed by atoms with Gasteiger partial charge in [0.15, 0.2) is 0 Å². The predicted octanol–water partition coefficient (Wildman–Crippen LogP) is 1.28. The van der Waals surface area contributed by atoms with Gasteiger partial charge in [0.2, 0.25) is 0 Å². The van der Waals surface area contributed by atoms with Crippen molar-refractivity contribution < 1.29 is 0 Å². The van der Waals surface area contributed by atoms with Gasteiger partial charge in [0, 0.05) is 26.2 Å². The van der Waals surface area contributed by atoms with Crippen molar-refractivity contribution in [3.8, 4) is 0 Å². The van der Waals surface area contributed by atoms with Crippen LogP contribution >= 0.6 is 0 Å². The zero-order valence-electron chi connectivity index (χ0n) is 10.7. The minimum absolute atomic E-state index is 0.635. The number of nitrogens with two attached hydrogens (primary N) is 1. The normalized spacial score (nSPS) is 19.2. The Hall–Kier alpha value is -0.900. The molecule has 0 radical (unpaired) electrons. The first kappa shape index (κ1) is 12.6. The van der Waals surface area contributed by atoms with Crippen LogP contribution in [0.3, 0.4) is 0 Å². The predicted molar refractivity (Wildman–Crippen MR) is 71.7 cm³/mol. The standard InChI is InChI=1S/C14H23N3/c1-16-6-3-7-17(9-8-16)12-14-5-2-4-13(10-14)11-15/h2,4-5,10H,3,6-9,11-12,15H2,1H3. The first-order valence-electron chi connectivity index (χ1n) is 6.47. The summed E-state index contributed by atoms with van der Waals surface area (Å²) in [6.07, 6.45) is 1.27. The van der Waals surface area contributed by atoms with E-state index >= 15 is 0 Å². The van der Waals surface area contributed by atoms with Crippen LogP contribution in [-0.2, 0) is 13.1 Å². The second-order valence-electron chi connectivity index (χ2n) is 4.96. The van der Waals surface area contributed by atoms with E-state index < -0.39 is 0 Å². The van der Waals surface area contributed by atoms with Crippen LogP contribution < -0.4 is 5.73 Å². The van der Waals surface area contributed by atoms with Gasteiger partial charge in [-0.15, -0.1) is 0 Å². The quantitative estimate of drug-likeness (QED) is 0.853. The largest absolute Gasteiger partial charge is 0.326 e. The molecule has 0 aromatic heterocycles. The topological polar surface area (TPSA) is 32.5 Å². The lowest BCUT2D eigenvalue weighted by molar-refractivity contribution is 0.269. The van der Waals surface area contributed by atoms with Crippen molar-refractivity contribution in [3.63, 3.8) is 0 Å². The zero-order valence-corrected chi connectivity index (χ0v) is 10.7. The number of rotatable bonds is 3. The third-order valence-corrected chi connectivity index (χ3v) is 3.45. The number of benzene rings is 1. The maximum atomic E-state index is 5.67. The molecule has 2 rings (SSSR count). The summed E-state index contributed by atoms with van der Waals surface area (Å²) in [4.78, 5) is 4.95. The van der Waals surface area contributed by atoms with Gasteiger partial charge >= 0.3 is 0 Å². The lowest BCUT2D eigenvalue weighted by atomic mass is 10.1. The van der Waals surface area contributed by atoms with Gasteiger partial charge in [-0.1, -0.05) is 24.3 Å². The Morgan fingerprint density at radius 3 is 2.76 bits per heavy atom. The smallest absolute Gasteiger partial charge is 0.0234 e. The number of hydrogen-bond acceptors (Lipinski definition) is 3. The molecule has 1 fully saturated rings. The average Bonchev–Trinajstić information content (AvgIpc) is 2.55. The van der Waals surface area contributed by atoms with Crippen LogP contribution in [0.2, 0.25) is 0 Å². The summed E-state index contributed by atoms with van der Waals surface area (Å²) >= 11 is 0. The van der Waals surface area contributed by atoms with E-state index in [4.69, 9.17) is 5.73 Å². The van der Waals surface area contributed by atoms with Crippen LogP contribution in [-0.4, -0.2) is 43.0 Å². The van der Waals surface area contributed by atoms with Gasteiger partial charge in [0.05, 0.1) is 0 Å². The van der Waals surface area contributed by atoms with Gasteiger partial charge in [-0.3, -0.25) is 4.90 Å². The molecule has 1 aliphatic heterocycles. The highest BCUT2D eigenvalue weighted by molar-refractivity contribution is 5.23. The highest BCUT2D eigenvalue weighted by Gasteiger charge is 2.12. The summed E-state index contributed by atoms with van der Waals surface area (Å²) in [5.74, 6) is 0. The molecule has 3 nitrogen and oxygen atoms in total. The Morgan fingerprint density at radius 1 is 1.12 bits per heavy atom. The van der Waals surface area contributed by atoms with E-state index in [0.717, 1.165) is 6.54 Å². The maximum Gasteiger partial charge on any atom is 0.0234 e. The molecule has 17 heavy (non-hydrogen) atoms. The summed E-state index contributed by atoms with van der Waals surface area (Å²) in [6.45, 7) is 6.47.